The number of aliphatic hydroxyl groups excluding tert-OH is 3. The molecule has 1 aliphatic rings. The van der Waals surface area contributed by atoms with E-state index in [0.29, 0.717) is 0 Å². The zero-order valence-electron chi connectivity index (χ0n) is 5.48. The van der Waals surface area contributed by atoms with Crippen molar-refractivity contribution in [3.05, 3.63) is 6.29 Å². The predicted octanol–water partition coefficient (Wildman–Crippen LogP) is -1.51. The summed E-state index contributed by atoms with van der Waals surface area (Å²) >= 11 is 0. The number of hydrogen-bond donors (Lipinski definition) is 3. The normalized spacial score (nSPS) is 39.8. The molecule has 0 aromatic carbocycles. The maximum absolute atomic E-state index is 11.4. The van der Waals surface area contributed by atoms with Crippen molar-refractivity contribution in [2.45, 2.75) is 18.3 Å². The molecule has 3 N–H and O–H groups in total. The van der Waals surface area contributed by atoms with Gasteiger partial charge in [0.1, 0.15) is 18.3 Å². The molecule has 1 fully saturated rings. The highest BCUT2D eigenvalue weighted by molar-refractivity contribution is 4.95. The fourth-order valence-corrected chi connectivity index (χ4v) is 0.840. The second-order valence-electron chi connectivity index (χ2n) is 2.17. The van der Waals surface area contributed by atoms with Crippen molar-refractivity contribution < 1.29 is 29.5 Å². The summed E-state index contributed by atoms with van der Waals surface area (Å²) in [5.74, 6) is 0. The molecule has 0 aromatic rings. The van der Waals surface area contributed by atoms with E-state index in [2.05, 4.69) is 9.68 Å². The zero-order valence-corrected chi connectivity index (χ0v) is 5.48. The summed E-state index contributed by atoms with van der Waals surface area (Å²) in [5, 5.41) is 26.3. The standard InChI is InChI=1S/C5H8FO5/c6-11-5-4(9)3(8)2(1-7)10-5/h2-4,7-9H,1H2/t2-,3-,4-/m1/s1. The maximum Gasteiger partial charge on any atom is 0.296 e. The van der Waals surface area contributed by atoms with Gasteiger partial charge in [-0.25, -0.2) is 0 Å². The van der Waals surface area contributed by atoms with Gasteiger partial charge in [0.25, 0.3) is 6.29 Å². The Morgan fingerprint density at radius 3 is 2.45 bits per heavy atom. The number of halogens is 1. The fourth-order valence-electron chi connectivity index (χ4n) is 0.840. The molecule has 0 aliphatic carbocycles. The summed E-state index contributed by atoms with van der Waals surface area (Å²) in [6.07, 6.45) is -4.60. The van der Waals surface area contributed by atoms with Crippen LogP contribution in [0.5, 0.6) is 0 Å². The maximum atomic E-state index is 11.4. The number of aliphatic hydroxyl groups is 3. The summed E-state index contributed by atoms with van der Waals surface area (Å²) in [4.78, 5) is 3.10. The van der Waals surface area contributed by atoms with Gasteiger partial charge in [-0.1, -0.05) is 0 Å². The molecule has 5 nitrogen and oxygen atoms in total. The predicted molar refractivity (Wildman–Crippen MR) is 29.4 cm³/mol. The summed E-state index contributed by atoms with van der Waals surface area (Å²) in [7, 11) is 0. The van der Waals surface area contributed by atoms with Crippen molar-refractivity contribution in [1.82, 2.24) is 0 Å². The Hall–Kier alpha value is -0.270. The monoisotopic (exact) mass is 167 g/mol. The highest BCUT2D eigenvalue weighted by atomic mass is 19.3. The van der Waals surface area contributed by atoms with Crippen LogP contribution in [0.2, 0.25) is 0 Å². The Labute approximate surface area is 61.9 Å². The van der Waals surface area contributed by atoms with Gasteiger partial charge < -0.3 is 20.1 Å². The minimum atomic E-state index is -1.53. The SMILES string of the molecule is OC[C@H]1O[C](OF)[C@H](O)[C@@H]1O. The molecule has 0 amide bonds. The van der Waals surface area contributed by atoms with Gasteiger partial charge in [-0.15, -0.1) is 4.94 Å². The average molecular weight is 167 g/mol. The molecule has 0 unspecified atom stereocenters. The van der Waals surface area contributed by atoms with Crippen LogP contribution in [0.3, 0.4) is 0 Å². The van der Waals surface area contributed by atoms with E-state index in [0.717, 1.165) is 0 Å². The van der Waals surface area contributed by atoms with Crippen LogP contribution in [0, 0.1) is 6.29 Å². The quantitative estimate of drug-likeness (QED) is 0.466. The highest BCUT2D eigenvalue weighted by Crippen LogP contribution is 2.27. The minimum Gasteiger partial charge on any atom is -0.394 e. The van der Waals surface area contributed by atoms with E-state index in [9.17, 15) is 4.53 Å². The molecular weight excluding hydrogens is 159 g/mol. The van der Waals surface area contributed by atoms with Gasteiger partial charge in [0.05, 0.1) is 6.61 Å². The molecule has 0 spiro atoms. The molecule has 65 valence electrons. The third-order valence-electron chi connectivity index (χ3n) is 1.47. The van der Waals surface area contributed by atoms with Crippen molar-refractivity contribution in [3.63, 3.8) is 0 Å². The van der Waals surface area contributed by atoms with Crippen LogP contribution < -0.4 is 0 Å². The molecule has 0 saturated carbocycles. The van der Waals surface area contributed by atoms with Crippen LogP contribution in [-0.4, -0.2) is 40.2 Å². The number of rotatable bonds is 2. The van der Waals surface area contributed by atoms with Gasteiger partial charge in [-0.05, 0) is 4.53 Å². The molecule has 6 heteroatoms. The molecule has 0 bridgehead atoms. The Kier molecular flexibility index (Phi) is 2.74. The third kappa shape index (κ3) is 1.49. The molecule has 3 atom stereocenters. The van der Waals surface area contributed by atoms with Crippen molar-refractivity contribution >= 4 is 0 Å². The van der Waals surface area contributed by atoms with Gasteiger partial charge in [-0.3, -0.25) is 0 Å². The lowest BCUT2D eigenvalue weighted by Crippen LogP contribution is -2.32. The Bertz CT molecular complexity index is 114. The van der Waals surface area contributed by atoms with E-state index in [1.165, 1.54) is 0 Å². The van der Waals surface area contributed by atoms with Crippen molar-refractivity contribution in [2.24, 2.45) is 0 Å². The molecule has 1 aliphatic heterocycles. The van der Waals surface area contributed by atoms with E-state index in [1.54, 1.807) is 0 Å². The summed E-state index contributed by atoms with van der Waals surface area (Å²) in [5.41, 5.74) is 0. The van der Waals surface area contributed by atoms with E-state index < -0.39 is 31.2 Å². The lowest BCUT2D eigenvalue weighted by atomic mass is 10.1. The van der Waals surface area contributed by atoms with Crippen LogP contribution in [0.15, 0.2) is 0 Å². The fraction of sp³-hybridized carbons (Fsp3) is 0.800. The first kappa shape index (κ1) is 8.82. The van der Waals surface area contributed by atoms with Crippen molar-refractivity contribution in [2.75, 3.05) is 6.61 Å². The van der Waals surface area contributed by atoms with E-state index in [1.807, 2.05) is 0 Å². The average Bonchev–Trinajstić information content (AvgIpc) is 2.30. The Morgan fingerprint density at radius 1 is 1.55 bits per heavy atom. The number of hydrogen-bond acceptors (Lipinski definition) is 5. The second-order valence-corrected chi connectivity index (χ2v) is 2.17. The zero-order chi connectivity index (χ0) is 8.43. The van der Waals surface area contributed by atoms with Crippen LogP contribution in [0.25, 0.3) is 0 Å². The summed E-state index contributed by atoms with van der Waals surface area (Å²) < 4.78 is 15.9. The van der Waals surface area contributed by atoms with Gasteiger partial charge in [0, 0.05) is 0 Å². The summed E-state index contributed by atoms with van der Waals surface area (Å²) in [6.45, 7) is -0.509. The van der Waals surface area contributed by atoms with Gasteiger partial charge >= 0.3 is 0 Å². The summed E-state index contributed by atoms with van der Waals surface area (Å²) in [6, 6.07) is 0. The topological polar surface area (TPSA) is 79.2 Å². The third-order valence-corrected chi connectivity index (χ3v) is 1.47. The van der Waals surface area contributed by atoms with E-state index in [4.69, 9.17) is 15.3 Å². The first-order valence-electron chi connectivity index (χ1n) is 2.99. The molecule has 1 radical (unpaired) electrons. The van der Waals surface area contributed by atoms with Crippen molar-refractivity contribution in [1.29, 1.82) is 0 Å². The van der Waals surface area contributed by atoms with Crippen LogP contribution >= 0.6 is 0 Å². The minimum absolute atomic E-state index is 0.509. The van der Waals surface area contributed by atoms with Crippen LogP contribution in [0.1, 0.15) is 0 Å². The smallest absolute Gasteiger partial charge is 0.296 e. The Balaban J connectivity index is 2.53. The first-order valence-corrected chi connectivity index (χ1v) is 2.99. The molecule has 0 aromatic heterocycles. The first-order chi connectivity index (χ1) is 5.20. The lowest BCUT2D eigenvalue weighted by Gasteiger charge is -2.09. The van der Waals surface area contributed by atoms with Crippen LogP contribution in [0.4, 0.5) is 4.53 Å². The Morgan fingerprint density at radius 2 is 2.18 bits per heavy atom. The molecular formula is C5H8FO5. The lowest BCUT2D eigenvalue weighted by molar-refractivity contribution is -0.215. The van der Waals surface area contributed by atoms with E-state index >= 15 is 0 Å². The highest BCUT2D eigenvalue weighted by Gasteiger charge is 2.45. The largest absolute Gasteiger partial charge is 0.394 e. The molecule has 1 saturated heterocycles. The van der Waals surface area contributed by atoms with Crippen molar-refractivity contribution in [3.8, 4) is 0 Å². The molecule has 11 heavy (non-hydrogen) atoms. The molecule has 1 rings (SSSR count). The number of ether oxygens (including phenoxy) is 1. The molecule has 1 heterocycles. The van der Waals surface area contributed by atoms with Gasteiger partial charge in [-0.2, -0.15) is 0 Å². The van der Waals surface area contributed by atoms with Gasteiger partial charge in [0.2, 0.25) is 0 Å². The van der Waals surface area contributed by atoms with Crippen LogP contribution in [-0.2, 0) is 9.68 Å². The van der Waals surface area contributed by atoms with E-state index in [-0.39, 0.29) is 0 Å². The second kappa shape index (κ2) is 3.42. The van der Waals surface area contributed by atoms with Gasteiger partial charge in [0.15, 0.2) is 0 Å².